The Kier molecular flexibility index (Phi) is 15.5. The lowest BCUT2D eigenvalue weighted by molar-refractivity contribution is -0.165. The molecule has 25 heavy (non-hydrogen) atoms. The van der Waals surface area contributed by atoms with Gasteiger partial charge < -0.3 is 4.74 Å². The lowest BCUT2D eigenvalue weighted by atomic mass is 10.0. The zero-order valence-electron chi connectivity index (χ0n) is 16.6. The zero-order valence-corrected chi connectivity index (χ0v) is 16.6. The first-order chi connectivity index (χ1) is 12.0. The summed E-state index contributed by atoms with van der Waals surface area (Å²) >= 11 is 0. The van der Waals surface area contributed by atoms with Crippen LogP contribution in [0.1, 0.15) is 111 Å². The number of unbranched alkanes of at least 4 members (excludes halogenated alkanes) is 12. The van der Waals surface area contributed by atoms with Gasteiger partial charge in [-0.25, -0.2) is 4.79 Å². The van der Waals surface area contributed by atoms with Crippen LogP contribution in [0.5, 0.6) is 0 Å². The van der Waals surface area contributed by atoms with Gasteiger partial charge in [-0.05, 0) is 6.42 Å². The summed E-state index contributed by atoms with van der Waals surface area (Å²) in [5.74, 6) is -2.67. The Balaban J connectivity index is 3.37. The summed E-state index contributed by atoms with van der Waals surface area (Å²) in [6.45, 7) is 5.47. The summed E-state index contributed by atoms with van der Waals surface area (Å²) in [6, 6.07) is 0. The maximum atomic E-state index is 11.5. The number of carbonyl (C=O) groups excluding carboxylic acids is 3. The quantitative estimate of drug-likeness (QED) is 0.153. The zero-order chi connectivity index (χ0) is 18.9. The van der Waals surface area contributed by atoms with Crippen LogP contribution >= 0.6 is 0 Å². The first-order valence-corrected chi connectivity index (χ1v) is 10.3. The molecule has 0 unspecified atom stereocenters. The highest BCUT2D eigenvalue weighted by molar-refractivity contribution is 6.35. The second kappa shape index (κ2) is 16.3. The van der Waals surface area contributed by atoms with E-state index in [0.29, 0.717) is 0 Å². The van der Waals surface area contributed by atoms with Crippen LogP contribution in [-0.2, 0) is 19.1 Å². The fourth-order valence-electron chi connectivity index (χ4n) is 2.73. The number of ketones is 1. The van der Waals surface area contributed by atoms with Gasteiger partial charge in [0.25, 0.3) is 0 Å². The Morgan fingerprint density at radius 1 is 0.680 bits per heavy atom. The largest absolute Gasteiger partial charge is 0.387 e. The van der Waals surface area contributed by atoms with Gasteiger partial charge in [-0.1, -0.05) is 97.8 Å². The third kappa shape index (κ3) is 14.8. The molecule has 0 spiro atoms. The highest BCUT2D eigenvalue weighted by Crippen LogP contribution is 2.13. The minimum absolute atomic E-state index is 0.217. The normalized spacial score (nSPS) is 10.9. The molecule has 0 aromatic rings. The van der Waals surface area contributed by atoms with Crippen molar-refractivity contribution >= 4 is 17.7 Å². The van der Waals surface area contributed by atoms with E-state index in [0.717, 1.165) is 19.3 Å². The second-order valence-electron chi connectivity index (χ2n) is 7.27. The molecule has 0 amide bonds. The number of hydrogen-bond acceptors (Lipinski definition) is 4. The van der Waals surface area contributed by atoms with Crippen molar-refractivity contribution in [3.63, 3.8) is 0 Å². The maximum Gasteiger partial charge on any atom is 0.382 e. The van der Waals surface area contributed by atoms with E-state index in [1.54, 1.807) is 13.8 Å². The Morgan fingerprint density at radius 3 is 1.48 bits per heavy atom. The summed E-state index contributed by atoms with van der Waals surface area (Å²) in [5.41, 5.74) is 0. The molecule has 0 rings (SSSR count). The van der Waals surface area contributed by atoms with Crippen molar-refractivity contribution in [2.24, 2.45) is 5.92 Å². The van der Waals surface area contributed by atoms with E-state index in [4.69, 9.17) is 0 Å². The van der Waals surface area contributed by atoms with Gasteiger partial charge in [-0.2, -0.15) is 0 Å². The fourth-order valence-corrected chi connectivity index (χ4v) is 2.73. The van der Waals surface area contributed by atoms with Crippen LogP contribution in [0.15, 0.2) is 0 Å². The van der Waals surface area contributed by atoms with Gasteiger partial charge in [0.1, 0.15) is 0 Å². The van der Waals surface area contributed by atoms with Crippen molar-refractivity contribution in [1.82, 2.24) is 0 Å². The predicted molar refractivity (Wildman–Crippen MR) is 101 cm³/mol. The van der Waals surface area contributed by atoms with E-state index < -0.39 is 23.6 Å². The van der Waals surface area contributed by atoms with E-state index in [1.807, 2.05) is 0 Å². The molecular formula is C21H38O4. The Hall–Kier alpha value is -1.19. The molecule has 0 N–H and O–H groups in total. The minimum atomic E-state index is -1.02. The maximum absolute atomic E-state index is 11.5. The number of carbonyl (C=O) groups is 3. The average Bonchev–Trinajstić information content (AvgIpc) is 2.58. The van der Waals surface area contributed by atoms with Crippen LogP contribution in [-0.4, -0.2) is 17.7 Å². The molecule has 0 bridgehead atoms. The van der Waals surface area contributed by atoms with Crippen molar-refractivity contribution in [3.8, 4) is 0 Å². The topological polar surface area (TPSA) is 60.4 Å². The molecule has 0 heterocycles. The summed E-state index contributed by atoms with van der Waals surface area (Å²) < 4.78 is 4.55. The first kappa shape index (κ1) is 23.8. The van der Waals surface area contributed by atoms with Gasteiger partial charge in [0.2, 0.25) is 5.78 Å². The SMILES string of the molecule is CCCCCCCCCCCCCCCC(=O)OC(=O)C(=O)C(C)C. The van der Waals surface area contributed by atoms with Crippen LogP contribution in [0.2, 0.25) is 0 Å². The summed E-state index contributed by atoms with van der Waals surface area (Å²) in [4.78, 5) is 34.2. The Bertz CT molecular complexity index is 374. The predicted octanol–water partition coefficient (Wildman–Crippen LogP) is 5.76. The van der Waals surface area contributed by atoms with Crippen molar-refractivity contribution in [3.05, 3.63) is 0 Å². The summed E-state index contributed by atoms with van der Waals surface area (Å²) in [5, 5.41) is 0. The standard InChI is InChI=1S/C21H38O4/c1-4-5-6-7-8-9-10-11-12-13-14-15-16-17-19(22)25-21(24)20(23)18(2)3/h18H,4-17H2,1-3H3. The monoisotopic (exact) mass is 354 g/mol. The molecule has 0 aliphatic heterocycles. The smallest absolute Gasteiger partial charge is 0.382 e. The van der Waals surface area contributed by atoms with Crippen LogP contribution in [0.3, 0.4) is 0 Å². The number of ether oxygens (including phenoxy) is 1. The van der Waals surface area contributed by atoms with Gasteiger partial charge in [0.05, 0.1) is 0 Å². The molecule has 4 nitrogen and oxygen atoms in total. The molecule has 0 fully saturated rings. The number of rotatable bonds is 16. The van der Waals surface area contributed by atoms with Gasteiger partial charge in [-0.3, -0.25) is 9.59 Å². The molecule has 0 aliphatic rings. The minimum Gasteiger partial charge on any atom is -0.387 e. The molecule has 0 saturated carbocycles. The molecule has 0 aromatic heterocycles. The lowest BCUT2D eigenvalue weighted by Crippen LogP contribution is -2.24. The molecule has 0 radical (unpaired) electrons. The van der Waals surface area contributed by atoms with E-state index in [1.165, 1.54) is 64.2 Å². The van der Waals surface area contributed by atoms with Crippen LogP contribution in [0.25, 0.3) is 0 Å². The third-order valence-corrected chi connectivity index (χ3v) is 4.42. The van der Waals surface area contributed by atoms with Crippen molar-refractivity contribution in [2.45, 2.75) is 111 Å². The summed E-state index contributed by atoms with van der Waals surface area (Å²) in [7, 11) is 0. The van der Waals surface area contributed by atoms with Crippen molar-refractivity contribution in [1.29, 1.82) is 0 Å². The molecule has 4 heteroatoms. The van der Waals surface area contributed by atoms with Crippen LogP contribution in [0, 0.1) is 5.92 Å². The average molecular weight is 355 g/mol. The van der Waals surface area contributed by atoms with Crippen molar-refractivity contribution in [2.75, 3.05) is 0 Å². The van der Waals surface area contributed by atoms with Gasteiger partial charge >= 0.3 is 11.9 Å². The van der Waals surface area contributed by atoms with Crippen LogP contribution < -0.4 is 0 Å². The van der Waals surface area contributed by atoms with E-state index in [2.05, 4.69) is 11.7 Å². The summed E-state index contributed by atoms with van der Waals surface area (Å²) in [6.07, 6.45) is 16.3. The first-order valence-electron chi connectivity index (χ1n) is 10.3. The van der Waals surface area contributed by atoms with E-state index in [-0.39, 0.29) is 6.42 Å². The number of hydrogen-bond donors (Lipinski definition) is 0. The third-order valence-electron chi connectivity index (χ3n) is 4.42. The number of Topliss-reactive ketones (excluding diaryl/α,β-unsaturated/α-hetero) is 1. The Labute approximate surface area is 154 Å². The fraction of sp³-hybridized carbons (Fsp3) is 0.857. The lowest BCUT2D eigenvalue weighted by Gasteiger charge is -2.05. The van der Waals surface area contributed by atoms with Gasteiger partial charge in [0, 0.05) is 12.3 Å². The number of esters is 2. The Morgan fingerprint density at radius 2 is 1.08 bits per heavy atom. The van der Waals surface area contributed by atoms with E-state index in [9.17, 15) is 14.4 Å². The molecular weight excluding hydrogens is 316 g/mol. The second-order valence-corrected chi connectivity index (χ2v) is 7.27. The van der Waals surface area contributed by atoms with E-state index >= 15 is 0 Å². The molecule has 0 aliphatic carbocycles. The molecule has 0 saturated heterocycles. The highest BCUT2D eigenvalue weighted by Gasteiger charge is 2.21. The van der Waals surface area contributed by atoms with Crippen LogP contribution in [0.4, 0.5) is 0 Å². The van der Waals surface area contributed by atoms with Gasteiger partial charge in [-0.15, -0.1) is 0 Å². The highest BCUT2D eigenvalue weighted by atomic mass is 16.6. The molecule has 0 atom stereocenters. The molecule has 0 aromatic carbocycles. The van der Waals surface area contributed by atoms with Crippen molar-refractivity contribution < 1.29 is 19.1 Å². The molecule has 146 valence electrons. The van der Waals surface area contributed by atoms with Gasteiger partial charge in [0.15, 0.2) is 0 Å².